The Morgan fingerprint density at radius 3 is 2.46 bits per heavy atom. The molecule has 0 saturated carbocycles. The van der Waals surface area contributed by atoms with Crippen molar-refractivity contribution in [3.05, 3.63) is 58.9 Å². The number of carbonyl (C=O) groups is 1. The largest absolute Gasteiger partial charge is 0.493 e. The Kier molecular flexibility index (Phi) is 5.45. The van der Waals surface area contributed by atoms with Crippen LogP contribution in [0.25, 0.3) is 0 Å². The summed E-state index contributed by atoms with van der Waals surface area (Å²) in [6.07, 6.45) is 1.18. The fourth-order valence-corrected chi connectivity index (χ4v) is 3.46. The molecule has 26 heavy (non-hydrogen) atoms. The zero-order chi connectivity index (χ0) is 18.7. The number of rotatable bonds is 5. The molecule has 0 aliphatic carbocycles. The SMILES string of the molecule is COc1cc2c(cc1OC)CN(C(=O)C(C)Cc1ccccc1F)CC2. The van der Waals surface area contributed by atoms with Gasteiger partial charge < -0.3 is 14.4 Å². The van der Waals surface area contributed by atoms with Gasteiger partial charge in [-0.05, 0) is 47.7 Å². The number of hydrogen-bond acceptors (Lipinski definition) is 3. The van der Waals surface area contributed by atoms with E-state index in [0.717, 1.165) is 12.0 Å². The molecule has 4 nitrogen and oxygen atoms in total. The van der Waals surface area contributed by atoms with Gasteiger partial charge in [0.2, 0.25) is 5.91 Å². The van der Waals surface area contributed by atoms with E-state index < -0.39 is 0 Å². The van der Waals surface area contributed by atoms with Gasteiger partial charge >= 0.3 is 0 Å². The molecule has 0 saturated heterocycles. The molecule has 1 unspecified atom stereocenters. The van der Waals surface area contributed by atoms with Crippen LogP contribution in [0.2, 0.25) is 0 Å². The number of fused-ring (bicyclic) bond motifs is 1. The maximum absolute atomic E-state index is 13.9. The van der Waals surface area contributed by atoms with E-state index in [1.165, 1.54) is 11.6 Å². The van der Waals surface area contributed by atoms with E-state index in [4.69, 9.17) is 9.47 Å². The van der Waals surface area contributed by atoms with Crippen molar-refractivity contribution in [1.82, 2.24) is 4.90 Å². The predicted octanol–water partition coefficient (Wildman–Crippen LogP) is 3.61. The first-order chi connectivity index (χ1) is 12.5. The van der Waals surface area contributed by atoms with Gasteiger partial charge in [-0.1, -0.05) is 25.1 Å². The normalized spacial score (nSPS) is 14.5. The van der Waals surface area contributed by atoms with Crippen molar-refractivity contribution in [2.45, 2.75) is 26.3 Å². The lowest BCUT2D eigenvalue weighted by atomic mass is 9.95. The maximum atomic E-state index is 13.9. The second-order valence-corrected chi connectivity index (χ2v) is 6.68. The molecule has 3 rings (SSSR count). The molecule has 0 bridgehead atoms. The smallest absolute Gasteiger partial charge is 0.226 e. The summed E-state index contributed by atoms with van der Waals surface area (Å²) in [6.45, 7) is 3.05. The van der Waals surface area contributed by atoms with E-state index in [1.54, 1.807) is 32.4 Å². The highest BCUT2D eigenvalue weighted by Crippen LogP contribution is 2.33. The third-order valence-corrected chi connectivity index (χ3v) is 4.94. The highest BCUT2D eigenvalue weighted by Gasteiger charge is 2.26. The molecule has 1 aliphatic rings. The number of hydrogen-bond donors (Lipinski definition) is 0. The summed E-state index contributed by atoms with van der Waals surface area (Å²) >= 11 is 0. The van der Waals surface area contributed by atoms with Crippen molar-refractivity contribution in [2.24, 2.45) is 5.92 Å². The van der Waals surface area contributed by atoms with Gasteiger partial charge in [-0.15, -0.1) is 0 Å². The number of ether oxygens (including phenoxy) is 2. The Balaban J connectivity index is 1.73. The Bertz CT molecular complexity index is 806. The number of halogens is 1. The van der Waals surface area contributed by atoms with E-state index in [1.807, 2.05) is 24.0 Å². The minimum Gasteiger partial charge on any atom is -0.493 e. The number of carbonyl (C=O) groups excluding carboxylic acids is 1. The van der Waals surface area contributed by atoms with Crippen molar-refractivity contribution >= 4 is 5.91 Å². The van der Waals surface area contributed by atoms with Gasteiger partial charge in [0.1, 0.15) is 5.82 Å². The van der Waals surface area contributed by atoms with Gasteiger partial charge in [0.25, 0.3) is 0 Å². The van der Waals surface area contributed by atoms with Crippen LogP contribution in [0.5, 0.6) is 11.5 Å². The number of nitrogens with zero attached hydrogens (tertiary/aromatic N) is 1. The first kappa shape index (κ1) is 18.2. The Hall–Kier alpha value is -2.56. The maximum Gasteiger partial charge on any atom is 0.226 e. The summed E-state index contributed by atoms with van der Waals surface area (Å²) in [6, 6.07) is 10.6. The van der Waals surface area contributed by atoms with Gasteiger partial charge in [0.05, 0.1) is 14.2 Å². The van der Waals surface area contributed by atoms with Gasteiger partial charge in [0.15, 0.2) is 11.5 Å². The molecule has 1 amide bonds. The molecule has 2 aromatic carbocycles. The molecule has 0 N–H and O–H groups in total. The summed E-state index contributed by atoms with van der Waals surface area (Å²) in [5.41, 5.74) is 2.82. The van der Waals surface area contributed by atoms with Crippen molar-refractivity contribution in [3.8, 4) is 11.5 Å². The van der Waals surface area contributed by atoms with Crippen molar-refractivity contribution in [1.29, 1.82) is 0 Å². The molecule has 2 aromatic rings. The topological polar surface area (TPSA) is 38.8 Å². The first-order valence-electron chi connectivity index (χ1n) is 8.79. The zero-order valence-corrected chi connectivity index (χ0v) is 15.4. The second kappa shape index (κ2) is 7.77. The Morgan fingerprint density at radius 1 is 1.15 bits per heavy atom. The molecule has 0 radical (unpaired) electrons. The lowest BCUT2D eigenvalue weighted by Crippen LogP contribution is -2.39. The monoisotopic (exact) mass is 357 g/mol. The molecule has 138 valence electrons. The number of methoxy groups -OCH3 is 2. The van der Waals surface area contributed by atoms with Crippen LogP contribution in [-0.4, -0.2) is 31.6 Å². The second-order valence-electron chi connectivity index (χ2n) is 6.68. The van der Waals surface area contributed by atoms with E-state index in [-0.39, 0.29) is 17.6 Å². The minimum absolute atomic E-state index is 0.0497. The average molecular weight is 357 g/mol. The average Bonchev–Trinajstić information content (AvgIpc) is 2.67. The van der Waals surface area contributed by atoms with Crippen LogP contribution in [0.4, 0.5) is 4.39 Å². The zero-order valence-electron chi connectivity index (χ0n) is 15.4. The third-order valence-electron chi connectivity index (χ3n) is 4.94. The summed E-state index contributed by atoms with van der Waals surface area (Å²) < 4.78 is 24.6. The highest BCUT2D eigenvalue weighted by atomic mass is 19.1. The number of benzene rings is 2. The minimum atomic E-state index is -0.270. The van der Waals surface area contributed by atoms with Crippen LogP contribution in [0, 0.1) is 11.7 Å². The summed E-state index contributed by atoms with van der Waals surface area (Å²) in [5.74, 6) is 0.897. The van der Waals surface area contributed by atoms with Crippen LogP contribution in [-0.2, 0) is 24.2 Å². The fourth-order valence-electron chi connectivity index (χ4n) is 3.46. The first-order valence-corrected chi connectivity index (χ1v) is 8.79. The van der Waals surface area contributed by atoms with Gasteiger partial charge in [-0.2, -0.15) is 0 Å². The standard InChI is InChI=1S/C21H24FNO3/c1-14(10-16-6-4-5-7-18(16)22)21(24)23-9-8-15-11-19(25-2)20(26-3)12-17(15)13-23/h4-7,11-12,14H,8-10,13H2,1-3H3. The van der Waals surface area contributed by atoms with Crippen molar-refractivity contribution < 1.29 is 18.7 Å². The van der Waals surface area contributed by atoms with Crippen molar-refractivity contribution in [3.63, 3.8) is 0 Å². The molecule has 1 atom stereocenters. The molecule has 0 fully saturated rings. The summed E-state index contributed by atoms with van der Waals surface area (Å²) in [4.78, 5) is 14.7. The molecule has 0 spiro atoms. The summed E-state index contributed by atoms with van der Waals surface area (Å²) in [7, 11) is 3.22. The number of amides is 1. The van der Waals surface area contributed by atoms with Crippen LogP contribution < -0.4 is 9.47 Å². The van der Waals surface area contributed by atoms with Crippen LogP contribution in [0.15, 0.2) is 36.4 Å². The third kappa shape index (κ3) is 3.66. The lowest BCUT2D eigenvalue weighted by molar-refractivity contribution is -0.135. The van der Waals surface area contributed by atoms with Gasteiger partial charge in [-0.25, -0.2) is 4.39 Å². The molecule has 1 heterocycles. The van der Waals surface area contributed by atoms with E-state index in [2.05, 4.69) is 0 Å². The molecule has 1 aliphatic heterocycles. The molecule has 5 heteroatoms. The van der Waals surface area contributed by atoms with Crippen molar-refractivity contribution in [2.75, 3.05) is 20.8 Å². The van der Waals surface area contributed by atoms with Gasteiger partial charge in [-0.3, -0.25) is 4.79 Å². The van der Waals surface area contributed by atoms with Crippen LogP contribution >= 0.6 is 0 Å². The Morgan fingerprint density at radius 2 is 1.81 bits per heavy atom. The van der Waals surface area contributed by atoms with E-state index >= 15 is 0 Å². The van der Waals surface area contributed by atoms with Crippen LogP contribution in [0.3, 0.4) is 0 Å². The quantitative estimate of drug-likeness (QED) is 0.821. The van der Waals surface area contributed by atoms with E-state index in [0.29, 0.717) is 36.6 Å². The fraction of sp³-hybridized carbons (Fsp3) is 0.381. The van der Waals surface area contributed by atoms with Gasteiger partial charge in [0, 0.05) is 19.0 Å². The summed E-state index contributed by atoms with van der Waals surface area (Å²) in [5, 5.41) is 0. The highest BCUT2D eigenvalue weighted by molar-refractivity contribution is 5.79. The molecular formula is C21H24FNO3. The lowest BCUT2D eigenvalue weighted by Gasteiger charge is -2.31. The predicted molar refractivity (Wildman–Crippen MR) is 97.9 cm³/mol. The molecular weight excluding hydrogens is 333 g/mol. The van der Waals surface area contributed by atoms with Crippen LogP contribution in [0.1, 0.15) is 23.6 Å². The Labute approximate surface area is 153 Å². The molecule has 0 aromatic heterocycles. The van der Waals surface area contributed by atoms with E-state index in [9.17, 15) is 9.18 Å².